The fraction of sp³-hybridized carbons (Fsp3) is 0.750. The van der Waals surface area contributed by atoms with Crippen molar-refractivity contribution in [2.75, 3.05) is 14.2 Å². The SMILES string of the molecule is CN=C1CCCC1C(=O)OC. The summed E-state index contributed by atoms with van der Waals surface area (Å²) in [6, 6.07) is 0. The molecule has 1 atom stereocenters. The Labute approximate surface area is 66.5 Å². The maximum Gasteiger partial charge on any atom is 0.314 e. The zero-order valence-electron chi connectivity index (χ0n) is 6.96. The van der Waals surface area contributed by atoms with Gasteiger partial charge in [0.2, 0.25) is 0 Å². The van der Waals surface area contributed by atoms with Crippen LogP contribution in [0, 0.1) is 5.92 Å². The highest BCUT2D eigenvalue weighted by Crippen LogP contribution is 2.23. The van der Waals surface area contributed by atoms with Crippen molar-refractivity contribution in [3.05, 3.63) is 0 Å². The minimum atomic E-state index is -0.136. The Kier molecular flexibility index (Phi) is 2.63. The summed E-state index contributed by atoms with van der Waals surface area (Å²) in [5, 5.41) is 0. The third-order valence-electron chi connectivity index (χ3n) is 2.10. The Bertz CT molecular complexity index is 187. The smallest absolute Gasteiger partial charge is 0.314 e. The van der Waals surface area contributed by atoms with Gasteiger partial charge in [0.25, 0.3) is 0 Å². The van der Waals surface area contributed by atoms with E-state index in [-0.39, 0.29) is 11.9 Å². The van der Waals surface area contributed by atoms with Crippen molar-refractivity contribution in [1.29, 1.82) is 0 Å². The van der Waals surface area contributed by atoms with Crippen LogP contribution in [-0.2, 0) is 9.53 Å². The number of hydrogen-bond acceptors (Lipinski definition) is 3. The molecule has 62 valence electrons. The van der Waals surface area contributed by atoms with E-state index in [1.807, 2.05) is 0 Å². The molecule has 1 saturated carbocycles. The first-order valence-electron chi connectivity index (χ1n) is 3.83. The zero-order chi connectivity index (χ0) is 8.27. The van der Waals surface area contributed by atoms with Gasteiger partial charge in [-0.2, -0.15) is 0 Å². The number of hydrogen-bond donors (Lipinski definition) is 0. The first kappa shape index (κ1) is 8.24. The quantitative estimate of drug-likeness (QED) is 0.530. The molecule has 0 spiro atoms. The molecule has 0 aromatic heterocycles. The number of ether oxygens (including phenoxy) is 1. The van der Waals surface area contributed by atoms with E-state index in [4.69, 9.17) is 0 Å². The third kappa shape index (κ3) is 1.59. The van der Waals surface area contributed by atoms with E-state index in [0.717, 1.165) is 25.0 Å². The monoisotopic (exact) mass is 155 g/mol. The molecule has 11 heavy (non-hydrogen) atoms. The third-order valence-corrected chi connectivity index (χ3v) is 2.10. The molecule has 3 heteroatoms. The van der Waals surface area contributed by atoms with Gasteiger partial charge in [0.15, 0.2) is 0 Å². The lowest BCUT2D eigenvalue weighted by Gasteiger charge is -2.06. The summed E-state index contributed by atoms with van der Waals surface area (Å²) in [5.41, 5.74) is 0.997. The molecule has 0 heterocycles. The van der Waals surface area contributed by atoms with Gasteiger partial charge in [-0.1, -0.05) is 0 Å². The van der Waals surface area contributed by atoms with Crippen molar-refractivity contribution in [3.8, 4) is 0 Å². The summed E-state index contributed by atoms with van der Waals surface area (Å²) in [6.07, 6.45) is 2.92. The Morgan fingerprint density at radius 3 is 3.00 bits per heavy atom. The van der Waals surface area contributed by atoms with Crippen LogP contribution >= 0.6 is 0 Å². The van der Waals surface area contributed by atoms with Gasteiger partial charge in [-0.25, -0.2) is 0 Å². The molecule has 1 rings (SSSR count). The highest BCUT2D eigenvalue weighted by atomic mass is 16.5. The largest absolute Gasteiger partial charge is 0.469 e. The molecule has 1 aliphatic rings. The number of methoxy groups -OCH3 is 1. The van der Waals surface area contributed by atoms with Gasteiger partial charge >= 0.3 is 5.97 Å². The molecule has 0 bridgehead atoms. The second-order valence-electron chi connectivity index (χ2n) is 2.68. The Morgan fingerprint density at radius 2 is 2.45 bits per heavy atom. The maximum absolute atomic E-state index is 11.1. The predicted octanol–water partition coefficient (Wildman–Crippen LogP) is 1.03. The van der Waals surface area contributed by atoms with Gasteiger partial charge in [0.1, 0.15) is 0 Å². The van der Waals surface area contributed by atoms with Gasteiger partial charge in [0.05, 0.1) is 13.0 Å². The first-order valence-corrected chi connectivity index (χ1v) is 3.83. The Balaban J connectivity index is 2.64. The molecule has 1 unspecified atom stereocenters. The lowest BCUT2D eigenvalue weighted by atomic mass is 10.1. The van der Waals surface area contributed by atoms with Crippen LogP contribution in [0.2, 0.25) is 0 Å². The van der Waals surface area contributed by atoms with Gasteiger partial charge in [-0.15, -0.1) is 0 Å². The van der Waals surface area contributed by atoms with E-state index < -0.39 is 0 Å². The number of carbonyl (C=O) groups is 1. The van der Waals surface area contributed by atoms with Crippen LogP contribution in [-0.4, -0.2) is 25.8 Å². The molecule has 0 N–H and O–H groups in total. The van der Waals surface area contributed by atoms with Gasteiger partial charge < -0.3 is 4.74 Å². The van der Waals surface area contributed by atoms with Crippen molar-refractivity contribution >= 4 is 11.7 Å². The minimum Gasteiger partial charge on any atom is -0.469 e. The predicted molar refractivity (Wildman–Crippen MR) is 42.7 cm³/mol. The summed E-state index contributed by atoms with van der Waals surface area (Å²) >= 11 is 0. The normalized spacial score (nSPS) is 27.5. The summed E-state index contributed by atoms with van der Waals surface area (Å²) in [4.78, 5) is 15.1. The fourth-order valence-electron chi connectivity index (χ4n) is 1.49. The molecule has 1 aliphatic carbocycles. The van der Waals surface area contributed by atoms with Crippen molar-refractivity contribution in [2.24, 2.45) is 10.9 Å². The van der Waals surface area contributed by atoms with E-state index >= 15 is 0 Å². The molecule has 0 radical (unpaired) electrons. The van der Waals surface area contributed by atoms with Gasteiger partial charge in [-0.3, -0.25) is 9.79 Å². The molecule has 0 saturated heterocycles. The van der Waals surface area contributed by atoms with E-state index in [1.165, 1.54) is 7.11 Å². The fourth-order valence-corrected chi connectivity index (χ4v) is 1.49. The minimum absolute atomic E-state index is 0.0509. The van der Waals surface area contributed by atoms with Crippen LogP contribution < -0.4 is 0 Å². The number of carbonyl (C=O) groups excluding carboxylic acids is 1. The topological polar surface area (TPSA) is 38.7 Å². The van der Waals surface area contributed by atoms with Crippen molar-refractivity contribution in [2.45, 2.75) is 19.3 Å². The Morgan fingerprint density at radius 1 is 1.73 bits per heavy atom. The van der Waals surface area contributed by atoms with Crippen LogP contribution in [0.25, 0.3) is 0 Å². The molecular formula is C8H13NO2. The van der Waals surface area contributed by atoms with Crippen molar-refractivity contribution in [3.63, 3.8) is 0 Å². The number of rotatable bonds is 1. The first-order chi connectivity index (χ1) is 5.29. The second kappa shape index (κ2) is 3.51. The lowest BCUT2D eigenvalue weighted by Crippen LogP contribution is -2.19. The van der Waals surface area contributed by atoms with Crippen molar-refractivity contribution < 1.29 is 9.53 Å². The van der Waals surface area contributed by atoms with E-state index in [2.05, 4.69) is 9.73 Å². The number of nitrogens with zero attached hydrogens (tertiary/aromatic N) is 1. The highest BCUT2D eigenvalue weighted by molar-refractivity contribution is 6.03. The van der Waals surface area contributed by atoms with E-state index in [9.17, 15) is 4.79 Å². The van der Waals surface area contributed by atoms with Crippen LogP contribution in [0.4, 0.5) is 0 Å². The van der Waals surface area contributed by atoms with Gasteiger partial charge in [0, 0.05) is 12.8 Å². The average Bonchev–Trinajstić information content (AvgIpc) is 2.50. The summed E-state index contributed by atoms with van der Waals surface area (Å²) in [6.45, 7) is 0. The molecule has 0 amide bonds. The summed E-state index contributed by atoms with van der Waals surface area (Å²) in [7, 11) is 3.16. The van der Waals surface area contributed by atoms with Crippen molar-refractivity contribution in [1.82, 2.24) is 0 Å². The molecule has 0 aliphatic heterocycles. The second-order valence-corrected chi connectivity index (χ2v) is 2.68. The van der Waals surface area contributed by atoms with Crippen LogP contribution in [0.15, 0.2) is 4.99 Å². The average molecular weight is 155 g/mol. The standard InChI is InChI=1S/C8H13NO2/c1-9-7-5-3-4-6(7)8(10)11-2/h6H,3-5H2,1-2H3. The lowest BCUT2D eigenvalue weighted by molar-refractivity contribution is -0.142. The molecule has 0 aromatic carbocycles. The highest BCUT2D eigenvalue weighted by Gasteiger charge is 2.29. The van der Waals surface area contributed by atoms with Gasteiger partial charge in [-0.05, 0) is 19.3 Å². The summed E-state index contributed by atoms with van der Waals surface area (Å²) < 4.78 is 4.65. The molecule has 3 nitrogen and oxygen atoms in total. The number of aliphatic imine (C=N–C) groups is 1. The molecule has 1 fully saturated rings. The summed E-state index contributed by atoms with van der Waals surface area (Å²) in [5.74, 6) is -0.187. The van der Waals surface area contributed by atoms with Crippen LogP contribution in [0.5, 0.6) is 0 Å². The number of esters is 1. The van der Waals surface area contributed by atoms with E-state index in [0.29, 0.717) is 0 Å². The van der Waals surface area contributed by atoms with Crippen LogP contribution in [0.1, 0.15) is 19.3 Å². The molecular weight excluding hydrogens is 142 g/mol. The van der Waals surface area contributed by atoms with E-state index in [1.54, 1.807) is 7.05 Å². The Hall–Kier alpha value is -0.860. The zero-order valence-corrected chi connectivity index (χ0v) is 6.96. The molecule has 0 aromatic rings. The van der Waals surface area contributed by atoms with Crippen LogP contribution in [0.3, 0.4) is 0 Å². The maximum atomic E-state index is 11.1.